The van der Waals surface area contributed by atoms with Crippen molar-refractivity contribution >= 4 is 44.8 Å². The molecule has 0 fully saturated rings. The van der Waals surface area contributed by atoms with E-state index in [4.69, 9.17) is 17.3 Å². The molecule has 0 saturated heterocycles. The first-order valence-corrected chi connectivity index (χ1v) is 6.75. The molecule has 19 heavy (non-hydrogen) atoms. The van der Waals surface area contributed by atoms with Gasteiger partial charge in [-0.2, -0.15) is 0 Å². The van der Waals surface area contributed by atoms with Gasteiger partial charge in [0.2, 0.25) is 0 Å². The Morgan fingerprint density at radius 3 is 2.58 bits per heavy atom. The molecule has 0 aromatic heterocycles. The fourth-order valence-electron chi connectivity index (χ4n) is 1.75. The monoisotopic (exact) mass is 338 g/mol. The molecule has 0 bridgehead atoms. The van der Waals surface area contributed by atoms with Crippen LogP contribution in [0.3, 0.4) is 0 Å². The fraction of sp³-hybridized carbons (Fsp3) is 0.0714. The SMILES string of the molecule is CN(C(=O)c1ccc(Br)cc1Cl)c1ccccc1N. The van der Waals surface area contributed by atoms with Crippen LogP contribution in [0.15, 0.2) is 46.9 Å². The third kappa shape index (κ3) is 2.91. The van der Waals surface area contributed by atoms with Crippen molar-refractivity contribution in [2.75, 3.05) is 17.7 Å². The number of amides is 1. The van der Waals surface area contributed by atoms with Gasteiger partial charge in [-0.15, -0.1) is 0 Å². The number of carbonyl (C=O) groups is 1. The third-order valence-electron chi connectivity index (χ3n) is 2.76. The van der Waals surface area contributed by atoms with Gasteiger partial charge in [0.1, 0.15) is 0 Å². The molecular weight excluding hydrogens is 328 g/mol. The van der Waals surface area contributed by atoms with Crippen LogP contribution in [0.5, 0.6) is 0 Å². The Morgan fingerprint density at radius 1 is 1.26 bits per heavy atom. The van der Waals surface area contributed by atoms with E-state index >= 15 is 0 Å². The van der Waals surface area contributed by atoms with Crippen LogP contribution < -0.4 is 10.6 Å². The van der Waals surface area contributed by atoms with E-state index in [9.17, 15) is 4.79 Å². The minimum atomic E-state index is -0.199. The Kier molecular flexibility index (Phi) is 4.12. The molecule has 0 atom stereocenters. The van der Waals surface area contributed by atoms with Crippen molar-refractivity contribution in [3.63, 3.8) is 0 Å². The summed E-state index contributed by atoms with van der Waals surface area (Å²) in [5, 5.41) is 0.403. The summed E-state index contributed by atoms with van der Waals surface area (Å²) in [6.45, 7) is 0. The zero-order valence-corrected chi connectivity index (χ0v) is 12.6. The number of nitrogens with two attached hydrogens (primary N) is 1. The van der Waals surface area contributed by atoms with Crippen LogP contribution in [0.4, 0.5) is 11.4 Å². The lowest BCUT2D eigenvalue weighted by Gasteiger charge is -2.19. The molecule has 0 aliphatic rings. The first-order chi connectivity index (χ1) is 9.00. The number of benzene rings is 2. The van der Waals surface area contributed by atoms with Gasteiger partial charge < -0.3 is 10.6 Å². The minimum Gasteiger partial charge on any atom is -0.397 e. The molecule has 3 nitrogen and oxygen atoms in total. The topological polar surface area (TPSA) is 46.3 Å². The normalized spacial score (nSPS) is 10.3. The van der Waals surface area contributed by atoms with Gasteiger partial charge in [-0.3, -0.25) is 4.79 Å². The number of nitrogens with zero attached hydrogens (tertiary/aromatic N) is 1. The highest BCUT2D eigenvalue weighted by Crippen LogP contribution is 2.26. The summed E-state index contributed by atoms with van der Waals surface area (Å²) in [4.78, 5) is 13.9. The van der Waals surface area contributed by atoms with Crippen LogP contribution >= 0.6 is 27.5 Å². The van der Waals surface area contributed by atoms with E-state index in [1.807, 2.05) is 12.1 Å². The Bertz CT molecular complexity index is 631. The maximum absolute atomic E-state index is 12.4. The van der Waals surface area contributed by atoms with Gasteiger partial charge in [0, 0.05) is 11.5 Å². The highest BCUT2D eigenvalue weighted by Gasteiger charge is 2.17. The molecule has 98 valence electrons. The maximum atomic E-state index is 12.4. The van der Waals surface area contributed by atoms with Gasteiger partial charge >= 0.3 is 0 Å². The summed E-state index contributed by atoms with van der Waals surface area (Å²) in [5.74, 6) is -0.199. The van der Waals surface area contributed by atoms with Gasteiger partial charge in [0.25, 0.3) is 5.91 Å². The van der Waals surface area contributed by atoms with E-state index in [0.717, 1.165) is 4.47 Å². The van der Waals surface area contributed by atoms with Crippen LogP contribution in [0, 0.1) is 0 Å². The number of nitrogen functional groups attached to an aromatic ring is 1. The summed E-state index contributed by atoms with van der Waals surface area (Å²) in [7, 11) is 1.67. The fourth-order valence-corrected chi connectivity index (χ4v) is 2.50. The number of hydrogen-bond donors (Lipinski definition) is 1. The number of anilines is 2. The smallest absolute Gasteiger partial charge is 0.259 e. The van der Waals surface area contributed by atoms with Crippen LogP contribution in [-0.2, 0) is 0 Å². The summed E-state index contributed by atoms with van der Waals surface area (Å²) < 4.78 is 0.830. The predicted octanol–water partition coefficient (Wildman–Crippen LogP) is 3.96. The minimum absolute atomic E-state index is 0.199. The molecule has 2 aromatic rings. The van der Waals surface area contributed by atoms with Crippen molar-refractivity contribution in [3.8, 4) is 0 Å². The number of carbonyl (C=O) groups excluding carboxylic acids is 1. The largest absolute Gasteiger partial charge is 0.397 e. The molecule has 2 N–H and O–H groups in total. The van der Waals surface area contributed by atoms with Crippen LogP contribution in [0.1, 0.15) is 10.4 Å². The third-order valence-corrected chi connectivity index (χ3v) is 3.57. The summed E-state index contributed by atoms with van der Waals surface area (Å²) >= 11 is 9.40. The second-order valence-corrected chi connectivity index (χ2v) is 5.37. The van der Waals surface area contributed by atoms with Crippen molar-refractivity contribution in [2.45, 2.75) is 0 Å². The maximum Gasteiger partial charge on any atom is 0.259 e. The van der Waals surface area contributed by atoms with Crippen molar-refractivity contribution in [1.29, 1.82) is 0 Å². The van der Waals surface area contributed by atoms with E-state index in [1.54, 1.807) is 37.4 Å². The molecule has 0 heterocycles. The van der Waals surface area contributed by atoms with E-state index in [1.165, 1.54) is 4.90 Å². The van der Waals surface area contributed by atoms with E-state index in [0.29, 0.717) is 22.0 Å². The van der Waals surface area contributed by atoms with Crippen molar-refractivity contribution < 1.29 is 4.79 Å². The molecule has 1 amide bonds. The first-order valence-electron chi connectivity index (χ1n) is 5.58. The number of rotatable bonds is 2. The molecule has 0 spiro atoms. The zero-order valence-electron chi connectivity index (χ0n) is 10.2. The van der Waals surface area contributed by atoms with Gasteiger partial charge in [0.15, 0.2) is 0 Å². The Labute approximate surface area is 125 Å². The van der Waals surface area contributed by atoms with Gasteiger partial charge in [-0.25, -0.2) is 0 Å². The average Bonchev–Trinajstić information content (AvgIpc) is 2.38. The lowest BCUT2D eigenvalue weighted by Crippen LogP contribution is -2.27. The molecule has 0 unspecified atom stereocenters. The number of halogens is 2. The van der Waals surface area contributed by atoms with Crippen molar-refractivity contribution in [1.82, 2.24) is 0 Å². The summed E-state index contributed by atoms with van der Waals surface area (Å²) in [6, 6.07) is 12.4. The molecule has 5 heteroatoms. The van der Waals surface area contributed by atoms with Crippen molar-refractivity contribution in [2.24, 2.45) is 0 Å². The summed E-state index contributed by atoms with van der Waals surface area (Å²) in [6.07, 6.45) is 0. The summed E-state index contributed by atoms with van der Waals surface area (Å²) in [5.41, 5.74) is 7.51. The molecule has 0 radical (unpaired) electrons. The zero-order chi connectivity index (χ0) is 14.0. The van der Waals surface area contributed by atoms with E-state index in [-0.39, 0.29) is 5.91 Å². The molecule has 2 rings (SSSR count). The quantitative estimate of drug-likeness (QED) is 0.842. The lowest BCUT2D eigenvalue weighted by atomic mass is 10.1. The lowest BCUT2D eigenvalue weighted by molar-refractivity contribution is 0.0993. The number of para-hydroxylation sites is 2. The number of hydrogen-bond acceptors (Lipinski definition) is 2. The van der Waals surface area contributed by atoms with Crippen molar-refractivity contribution in [3.05, 3.63) is 57.5 Å². The second kappa shape index (κ2) is 5.63. The highest BCUT2D eigenvalue weighted by molar-refractivity contribution is 9.10. The van der Waals surface area contributed by atoms with Gasteiger partial charge in [-0.1, -0.05) is 39.7 Å². The molecular formula is C14H12BrClN2O. The molecule has 0 saturated carbocycles. The molecule has 0 aliphatic heterocycles. The van der Waals surface area contributed by atoms with Crippen LogP contribution in [-0.4, -0.2) is 13.0 Å². The molecule has 0 aliphatic carbocycles. The van der Waals surface area contributed by atoms with Gasteiger partial charge in [-0.05, 0) is 30.3 Å². The van der Waals surface area contributed by atoms with E-state index < -0.39 is 0 Å². The Balaban J connectivity index is 2.37. The Morgan fingerprint density at radius 2 is 1.95 bits per heavy atom. The highest BCUT2D eigenvalue weighted by atomic mass is 79.9. The predicted molar refractivity (Wildman–Crippen MR) is 82.7 cm³/mol. The standard InChI is InChI=1S/C14H12BrClN2O/c1-18(13-5-3-2-4-12(13)17)14(19)10-7-6-9(15)8-11(10)16/h2-8H,17H2,1H3. The molecule has 2 aromatic carbocycles. The van der Waals surface area contributed by atoms with Crippen LogP contribution in [0.2, 0.25) is 5.02 Å². The van der Waals surface area contributed by atoms with E-state index in [2.05, 4.69) is 15.9 Å². The Hall–Kier alpha value is -1.52. The van der Waals surface area contributed by atoms with Gasteiger partial charge in [0.05, 0.1) is 22.0 Å². The average molecular weight is 340 g/mol. The van der Waals surface area contributed by atoms with Crippen LogP contribution in [0.25, 0.3) is 0 Å². The first kappa shape index (κ1) is 13.9. The second-order valence-electron chi connectivity index (χ2n) is 4.05.